The first kappa shape index (κ1) is 22.1. The minimum atomic E-state index is 0.196. The number of hydrogen-bond donors (Lipinski definition) is 1. The van der Waals surface area contributed by atoms with Crippen LogP contribution in [0, 0.1) is 5.92 Å². The summed E-state index contributed by atoms with van der Waals surface area (Å²) < 4.78 is 18.8. The molecule has 2 N–H and O–H groups in total. The fraction of sp³-hybridized carbons (Fsp3) is 0.417. The van der Waals surface area contributed by atoms with Gasteiger partial charge in [-0.2, -0.15) is 0 Å². The van der Waals surface area contributed by atoms with E-state index in [0.29, 0.717) is 47.7 Å². The van der Waals surface area contributed by atoms with Crippen molar-refractivity contribution < 1.29 is 14.1 Å². The molecule has 0 aliphatic carbocycles. The largest absolute Gasteiger partial charge is 0.493 e. The van der Waals surface area contributed by atoms with E-state index in [0.717, 1.165) is 24.2 Å². The van der Waals surface area contributed by atoms with Crippen molar-refractivity contribution in [2.24, 2.45) is 5.92 Å². The van der Waals surface area contributed by atoms with Crippen LogP contribution in [0.25, 0.3) is 22.6 Å². The lowest BCUT2D eigenvalue weighted by atomic mass is 9.96. The summed E-state index contributed by atoms with van der Waals surface area (Å²) in [7, 11) is 2.19. The van der Waals surface area contributed by atoms with E-state index in [1.807, 2.05) is 41.8 Å². The van der Waals surface area contributed by atoms with Crippen LogP contribution in [0.15, 0.2) is 41.2 Å². The Hall–Kier alpha value is -3.66. The lowest BCUT2D eigenvalue weighted by Crippen LogP contribution is -2.32. The van der Waals surface area contributed by atoms with Gasteiger partial charge >= 0.3 is 0 Å². The van der Waals surface area contributed by atoms with Gasteiger partial charge in [-0.3, -0.25) is 0 Å². The molecule has 1 aliphatic rings. The van der Waals surface area contributed by atoms with E-state index in [2.05, 4.69) is 32.2 Å². The molecule has 10 nitrogen and oxygen atoms in total. The maximum Gasteiger partial charge on any atom is 0.221 e. The smallest absolute Gasteiger partial charge is 0.221 e. The Morgan fingerprint density at radius 1 is 1.21 bits per heavy atom. The molecule has 1 unspecified atom stereocenters. The number of aryl methyl sites for hydroxylation is 1. The van der Waals surface area contributed by atoms with Gasteiger partial charge < -0.3 is 24.7 Å². The molecule has 5 rings (SSSR count). The number of likely N-dealkylation sites (tertiary alicyclic amines) is 1. The van der Waals surface area contributed by atoms with Crippen LogP contribution in [-0.4, -0.2) is 56.5 Å². The summed E-state index contributed by atoms with van der Waals surface area (Å²) in [5.74, 6) is 3.39. The third kappa shape index (κ3) is 4.67. The van der Waals surface area contributed by atoms with Crippen molar-refractivity contribution in [2.75, 3.05) is 32.5 Å². The monoisotopic (exact) mass is 463 g/mol. The quantitative estimate of drug-likeness (QED) is 0.414. The first-order valence-electron chi connectivity index (χ1n) is 11.6. The molecule has 1 fully saturated rings. The average Bonchev–Trinajstić information content (AvgIpc) is 3.41. The molecule has 10 heteroatoms. The lowest BCUT2D eigenvalue weighted by Gasteiger charge is -2.29. The second-order valence-electron chi connectivity index (χ2n) is 8.67. The van der Waals surface area contributed by atoms with Gasteiger partial charge in [0.25, 0.3) is 0 Å². The number of anilines is 1. The van der Waals surface area contributed by atoms with Crippen LogP contribution in [0.2, 0.25) is 0 Å². The van der Waals surface area contributed by atoms with Crippen molar-refractivity contribution in [3.05, 3.63) is 36.5 Å². The van der Waals surface area contributed by atoms with Gasteiger partial charge in [-0.25, -0.2) is 14.6 Å². The predicted octanol–water partition coefficient (Wildman–Crippen LogP) is 3.99. The molecule has 0 saturated carbocycles. The molecule has 0 spiro atoms. The molecule has 0 amide bonds. The van der Waals surface area contributed by atoms with Crippen molar-refractivity contribution in [1.82, 2.24) is 29.7 Å². The minimum absolute atomic E-state index is 0.196. The Balaban J connectivity index is 1.29. The number of nitrogen functional groups attached to an aromatic ring is 1. The molecule has 1 saturated heterocycles. The summed E-state index contributed by atoms with van der Waals surface area (Å²) in [6.07, 6.45) is 5.28. The van der Waals surface area contributed by atoms with Gasteiger partial charge in [0.05, 0.1) is 18.3 Å². The summed E-state index contributed by atoms with van der Waals surface area (Å²) in [6, 6.07) is 9.51. The van der Waals surface area contributed by atoms with Crippen LogP contribution in [0.3, 0.4) is 0 Å². The van der Waals surface area contributed by atoms with E-state index in [-0.39, 0.29) is 5.82 Å². The summed E-state index contributed by atoms with van der Waals surface area (Å²) in [4.78, 5) is 11.4. The molecule has 1 aliphatic heterocycles. The van der Waals surface area contributed by atoms with Gasteiger partial charge in [0, 0.05) is 25.2 Å². The second-order valence-corrected chi connectivity index (χ2v) is 8.67. The number of fused-ring (bicyclic) bond motifs is 1. The zero-order valence-corrected chi connectivity index (χ0v) is 19.5. The van der Waals surface area contributed by atoms with Crippen molar-refractivity contribution in [3.63, 3.8) is 0 Å². The highest BCUT2D eigenvalue weighted by atomic mass is 16.6. The number of nitrogens with zero attached hydrogens (tertiary/aromatic N) is 6. The van der Waals surface area contributed by atoms with E-state index in [1.165, 1.54) is 19.4 Å². The summed E-state index contributed by atoms with van der Waals surface area (Å²) >= 11 is 0. The molecule has 3 aromatic heterocycles. The van der Waals surface area contributed by atoms with Gasteiger partial charge in [-0.05, 0) is 68.1 Å². The fourth-order valence-electron chi connectivity index (χ4n) is 4.52. The summed E-state index contributed by atoms with van der Waals surface area (Å²) in [6.45, 7) is 5.71. The van der Waals surface area contributed by atoms with Crippen LogP contribution >= 0.6 is 0 Å². The van der Waals surface area contributed by atoms with Crippen molar-refractivity contribution in [1.29, 1.82) is 0 Å². The lowest BCUT2D eigenvalue weighted by molar-refractivity contribution is 0.178. The Kier molecular flexibility index (Phi) is 6.31. The standard InChI is InChI=1S/C24H29N7O3/c1-3-31-20-13-21(26-14-19(20)27-24(31)22-23(25)29-34-28-22)33-18-8-4-7-17(12-18)32-11-9-16-6-5-10-30(2)15-16/h4,7-8,12-14,16H,3,5-6,9-11,15H2,1-2H3,(H2,25,29). The summed E-state index contributed by atoms with van der Waals surface area (Å²) in [5.41, 5.74) is 7.84. The summed E-state index contributed by atoms with van der Waals surface area (Å²) in [5, 5.41) is 7.54. The number of imidazole rings is 1. The number of aromatic nitrogens is 5. The first-order chi connectivity index (χ1) is 16.6. The van der Waals surface area contributed by atoms with Gasteiger partial charge in [0.1, 0.15) is 17.0 Å². The molecular weight excluding hydrogens is 434 g/mol. The molecule has 1 aromatic carbocycles. The number of pyridine rings is 1. The van der Waals surface area contributed by atoms with Crippen molar-refractivity contribution >= 4 is 16.9 Å². The van der Waals surface area contributed by atoms with Gasteiger partial charge in [-0.1, -0.05) is 6.07 Å². The maximum absolute atomic E-state index is 6.05. The van der Waals surface area contributed by atoms with Crippen LogP contribution in [0.4, 0.5) is 5.82 Å². The van der Waals surface area contributed by atoms with Crippen LogP contribution in [0.1, 0.15) is 26.2 Å². The zero-order chi connectivity index (χ0) is 23.5. The van der Waals surface area contributed by atoms with Crippen LogP contribution in [-0.2, 0) is 6.54 Å². The van der Waals surface area contributed by atoms with E-state index in [1.54, 1.807) is 6.20 Å². The highest BCUT2D eigenvalue weighted by molar-refractivity contribution is 5.81. The topological polar surface area (TPSA) is 117 Å². The third-order valence-electron chi connectivity index (χ3n) is 6.20. The normalized spacial score (nSPS) is 16.7. The Bertz CT molecular complexity index is 1270. The Morgan fingerprint density at radius 3 is 2.88 bits per heavy atom. The van der Waals surface area contributed by atoms with Crippen molar-refractivity contribution in [3.8, 4) is 28.9 Å². The number of benzene rings is 1. The minimum Gasteiger partial charge on any atom is -0.493 e. The zero-order valence-electron chi connectivity index (χ0n) is 19.5. The van der Waals surface area contributed by atoms with Gasteiger partial charge in [-0.15, -0.1) is 0 Å². The number of ether oxygens (including phenoxy) is 2. The molecule has 178 valence electrons. The van der Waals surface area contributed by atoms with Crippen LogP contribution < -0.4 is 15.2 Å². The van der Waals surface area contributed by atoms with Crippen molar-refractivity contribution in [2.45, 2.75) is 32.7 Å². The Labute approximate surface area is 197 Å². The number of piperidine rings is 1. The van der Waals surface area contributed by atoms with E-state index in [9.17, 15) is 0 Å². The maximum atomic E-state index is 6.05. The van der Waals surface area contributed by atoms with E-state index < -0.39 is 0 Å². The first-order valence-corrected chi connectivity index (χ1v) is 11.6. The van der Waals surface area contributed by atoms with Gasteiger partial charge in [0.2, 0.25) is 5.88 Å². The number of hydrogen-bond acceptors (Lipinski definition) is 9. The predicted molar refractivity (Wildman–Crippen MR) is 128 cm³/mol. The second kappa shape index (κ2) is 9.68. The molecule has 1 atom stereocenters. The fourth-order valence-corrected chi connectivity index (χ4v) is 4.52. The average molecular weight is 464 g/mol. The number of rotatable bonds is 8. The molecule has 0 bridgehead atoms. The molecule has 4 heterocycles. The van der Waals surface area contributed by atoms with E-state index in [4.69, 9.17) is 19.8 Å². The molecular formula is C24H29N7O3. The van der Waals surface area contributed by atoms with Gasteiger partial charge in [0.15, 0.2) is 17.3 Å². The van der Waals surface area contributed by atoms with E-state index >= 15 is 0 Å². The highest BCUT2D eigenvalue weighted by Crippen LogP contribution is 2.30. The highest BCUT2D eigenvalue weighted by Gasteiger charge is 2.19. The molecule has 0 radical (unpaired) electrons. The molecule has 4 aromatic rings. The molecule has 34 heavy (non-hydrogen) atoms. The SMILES string of the molecule is CCn1c(-c2nonc2N)nc2cnc(Oc3cccc(OCCC4CCCN(C)C4)c3)cc21. The number of nitrogens with two attached hydrogens (primary N) is 1. The van der Waals surface area contributed by atoms with Crippen LogP contribution in [0.5, 0.6) is 17.4 Å². The third-order valence-corrected chi connectivity index (χ3v) is 6.20. The Morgan fingerprint density at radius 2 is 2.09 bits per heavy atom.